The average molecular weight is 329 g/mol. The summed E-state index contributed by atoms with van der Waals surface area (Å²) in [7, 11) is 0. The van der Waals surface area contributed by atoms with Gasteiger partial charge in [-0.2, -0.15) is 0 Å². The summed E-state index contributed by atoms with van der Waals surface area (Å²) in [4.78, 5) is 17.0. The molecule has 0 radical (unpaired) electrons. The van der Waals surface area contributed by atoms with Crippen LogP contribution in [0, 0.1) is 6.92 Å². The molecule has 2 aromatic rings. The van der Waals surface area contributed by atoms with Crippen LogP contribution in [0.5, 0.6) is 0 Å². The molecule has 5 heteroatoms. The molecule has 0 unspecified atom stereocenters. The lowest BCUT2D eigenvalue weighted by Crippen LogP contribution is -2.18. The third-order valence-electron chi connectivity index (χ3n) is 3.07. The fraction of sp³-hybridized carbons (Fsp3) is 0.0588. The van der Waals surface area contributed by atoms with Crippen LogP contribution in [-0.4, -0.2) is 11.1 Å². The maximum absolute atomic E-state index is 11.7. The summed E-state index contributed by atoms with van der Waals surface area (Å²) < 4.78 is 0. The van der Waals surface area contributed by atoms with Gasteiger partial charge in [0.05, 0.1) is 10.6 Å². The molecule has 3 rings (SSSR count). The first-order chi connectivity index (χ1) is 10.6. The van der Waals surface area contributed by atoms with Gasteiger partial charge in [0.1, 0.15) is 5.84 Å². The Labute approximate surface area is 138 Å². The maximum atomic E-state index is 11.7. The minimum Gasteiger partial charge on any atom is -0.300 e. The highest BCUT2D eigenvalue weighted by Gasteiger charge is 2.23. The molecule has 0 bridgehead atoms. The molecule has 1 heterocycles. The summed E-state index contributed by atoms with van der Waals surface area (Å²) in [5, 5.41) is 3.35. The number of nitrogens with zero attached hydrogens (tertiary/aromatic N) is 1. The van der Waals surface area contributed by atoms with Crippen LogP contribution in [-0.2, 0) is 0 Å². The highest BCUT2D eigenvalue weighted by molar-refractivity contribution is 8.18. The smallest absolute Gasteiger partial charge is 0.289 e. The van der Waals surface area contributed by atoms with Crippen molar-refractivity contribution >= 4 is 46.2 Å². The number of aliphatic imine (C=N–C) groups is 1. The van der Waals surface area contributed by atoms with E-state index in [-0.39, 0.29) is 5.24 Å². The number of thioether (sulfide) groups is 1. The van der Waals surface area contributed by atoms with Gasteiger partial charge in [-0.1, -0.05) is 35.9 Å². The van der Waals surface area contributed by atoms with Crippen LogP contribution < -0.4 is 5.32 Å². The lowest BCUT2D eigenvalue weighted by molar-refractivity contribution is 0.265. The Kier molecular flexibility index (Phi) is 4.32. The number of aryl methyl sites for hydroxylation is 1. The third-order valence-corrected chi connectivity index (χ3v) is 4.14. The molecule has 110 valence electrons. The van der Waals surface area contributed by atoms with Crippen molar-refractivity contribution in [2.24, 2.45) is 4.99 Å². The van der Waals surface area contributed by atoms with Crippen molar-refractivity contribution in [3.8, 4) is 0 Å². The maximum Gasteiger partial charge on any atom is 0.289 e. The largest absolute Gasteiger partial charge is 0.300 e. The number of benzene rings is 2. The van der Waals surface area contributed by atoms with Gasteiger partial charge >= 0.3 is 0 Å². The van der Waals surface area contributed by atoms with Crippen LogP contribution in [0.2, 0.25) is 5.02 Å². The van der Waals surface area contributed by atoms with Gasteiger partial charge in [-0.3, -0.25) is 4.79 Å². The molecule has 1 saturated heterocycles. The topological polar surface area (TPSA) is 41.5 Å². The second-order valence-electron chi connectivity index (χ2n) is 4.87. The molecule has 2 aromatic carbocycles. The SMILES string of the molecule is Cc1cccc(N=C2NC(=O)S/C2=C/c2ccc(Cl)cc2)c1. The zero-order chi connectivity index (χ0) is 15.5. The predicted molar refractivity (Wildman–Crippen MR) is 93.8 cm³/mol. The number of rotatable bonds is 2. The number of hydrogen-bond acceptors (Lipinski definition) is 3. The van der Waals surface area contributed by atoms with Crippen LogP contribution in [0.3, 0.4) is 0 Å². The van der Waals surface area contributed by atoms with Crippen molar-refractivity contribution < 1.29 is 4.79 Å². The Morgan fingerprint density at radius 3 is 2.68 bits per heavy atom. The van der Waals surface area contributed by atoms with Gasteiger partial charge in [-0.25, -0.2) is 4.99 Å². The minimum atomic E-state index is -0.119. The lowest BCUT2D eigenvalue weighted by atomic mass is 10.2. The molecule has 0 aliphatic carbocycles. The zero-order valence-electron chi connectivity index (χ0n) is 11.8. The van der Waals surface area contributed by atoms with Crippen LogP contribution >= 0.6 is 23.4 Å². The summed E-state index contributed by atoms with van der Waals surface area (Å²) in [6, 6.07) is 15.3. The van der Waals surface area contributed by atoms with E-state index in [0.717, 1.165) is 33.5 Å². The van der Waals surface area contributed by atoms with E-state index < -0.39 is 0 Å². The third kappa shape index (κ3) is 3.59. The number of nitrogens with one attached hydrogen (secondary N) is 1. The quantitative estimate of drug-likeness (QED) is 0.825. The normalized spacial score (nSPS) is 18.0. The summed E-state index contributed by atoms with van der Waals surface area (Å²) in [6.07, 6.45) is 1.92. The Morgan fingerprint density at radius 2 is 1.95 bits per heavy atom. The number of amides is 1. The van der Waals surface area contributed by atoms with E-state index in [1.165, 1.54) is 0 Å². The molecule has 1 fully saturated rings. The zero-order valence-corrected chi connectivity index (χ0v) is 13.4. The van der Waals surface area contributed by atoms with Gasteiger partial charge in [-0.05, 0) is 60.2 Å². The van der Waals surface area contributed by atoms with Crippen molar-refractivity contribution in [2.75, 3.05) is 0 Å². The number of carbonyl (C=O) groups excluding carboxylic acids is 1. The molecule has 1 amide bonds. The number of hydrogen-bond donors (Lipinski definition) is 1. The molecule has 1 N–H and O–H groups in total. The van der Waals surface area contributed by atoms with Crippen molar-refractivity contribution in [3.05, 3.63) is 69.6 Å². The van der Waals surface area contributed by atoms with E-state index in [2.05, 4.69) is 10.3 Å². The van der Waals surface area contributed by atoms with Crippen molar-refractivity contribution in [2.45, 2.75) is 6.92 Å². The Bertz CT molecular complexity index is 782. The minimum absolute atomic E-state index is 0.119. The summed E-state index contributed by atoms with van der Waals surface area (Å²) in [5.41, 5.74) is 2.92. The van der Waals surface area contributed by atoms with Gasteiger partial charge in [0.2, 0.25) is 0 Å². The molecule has 1 aliphatic rings. The Morgan fingerprint density at radius 1 is 1.18 bits per heavy atom. The Hall–Kier alpha value is -2.04. The van der Waals surface area contributed by atoms with Crippen molar-refractivity contribution in [3.63, 3.8) is 0 Å². The van der Waals surface area contributed by atoms with Crippen LogP contribution in [0.25, 0.3) is 6.08 Å². The highest BCUT2D eigenvalue weighted by Crippen LogP contribution is 2.28. The van der Waals surface area contributed by atoms with E-state index in [0.29, 0.717) is 10.9 Å². The second-order valence-corrected chi connectivity index (χ2v) is 6.33. The van der Waals surface area contributed by atoms with E-state index in [9.17, 15) is 4.79 Å². The molecule has 0 spiro atoms. The van der Waals surface area contributed by atoms with E-state index in [1.54, 1.807) is 0 Å². The van der Waals surface area contributed by atoms with Gasteiger partial charge in [-0.15, -0.1) is 0 Å². The number of halogens is 1. The molecule has 0 atom stereocenters. The summed E-state index contributed by atoms with van der Waals surface area (Å²) in [6.45, 7) is 2.01. The molecule has 1 aliphatic heterocycles. The van der Waals surface area contributed by atoms with Crippen LogP contribution in [0.1, 0.15) is 11.1 Å². The fourth-order valence-electron chi connectivity index (χ4n) is 2.05. The predicted octanol–water partition coefficient (Wildman–Crippen LogP) is 5.18. The molecule has 3 nitrogen and oxygen atoms in total. The van der Waals surface area contributed by atoms with E-state index in [4.69, 9.17) is 11.6 Å². The lowest BCUT2D eigenvalue weighted by Gasteiger charge is -2.01. The monoisotopic (exact) mass is 328 g/mol. The molecule has 22 heavy (non-hydrogen) atoms. The van der Waals surface area contributed by atoms with Crippen molar-refractivity contribution in [1.82, 2.24) is 5.32 Å². The number of amidine groups is 1. The molecular formula is C17H13ClN2OS. The Balaban J connectivity index is 1.95. The number of carbonyl (C=O) groups is 1. The molecule has 0 aromatic heterocycles. The van der Waals surface area contributed by atoms with Gasteiger partial charge in [0.15, 0.2) is 0 Å². The highest BCUT2D eigenvalue weighted by atomic mass is 35.5. The first-order valence-electron chi connectivity index (χ1n) is 6.72. The van der Waals surface area contributed by atoms with Gasteiger partial charge < -0.3 is 5.32 Å². The fourth-order valence-corrected chi connectivity index (χ4v) is 2.91. The van der Waals surface area contributed by atoms with E-state index in [1.807, 2.05) is 61.5 Å². The van der Waals surface area contributed by atoms with Crippen molar-refractivity contribution in [1.29, 1.82) is 0 Å². The molecular weight excluding hydrogens is 316 g/mol. The second kappa shape index (κ2) is 6.38. The first kappa shape index (κ1) is 14.9. The van der Waals surface area contributed by atoms with Gasteiger partial charge in [0.25, 0.3) is 5.24 Å². The van der Waals surface area contributed by atoms with Gasteiger partial charge in [0, 0.05) is 5.02 Å². The summed E-state index contributed by atoms with van der Waals surface area (Å²) in [5.74, 6) is 0.579. The summed E-state index contributed by atoms with van der Waals surface area (Å²) >= 11 is 7.03. The molecule has 0 saturated carbocycles. The van der Waals surface area contributed by atoms with Crippen LogP contribution in [0.4, 0.5) is 10.5 Å². The van der Waals surface area contributed by atoms with E-state index >= 15 is 0 Å². The average Bonchev–Trinajstić information content (AvgIpc) is 2.81. The first-order valence-corrected chi connectivity index (χ1v) is 7.91. The standard InChI is InChI=1S/C17H13ClN2OS/c1-11-3-2-4-14(9-11)19-16-15(22-17(21)20-16)10-12-5-7-13(18)8-6-12/h2-10H,1H3,(H,19,20,21)/b15-10+. The van der Waals surface area contributed by atoms with Crippen LogP contribution in [0.15, 0.2) is 58.4 Å².